The van der Waals surface area contributed by atoms with Crippen molar-refractivity contribution in [1.29, 1.82) is 0 Å². The molecule has 1 heterocycles. The summed E-state index contributed by atoms with van der Waals surface area (Å²) >= 11 is 8.39. The standard InChI is InChI=1S/C18H19ClINO/c1-18(2)10-16-14(17(22)11-18)9-15(21(16)8-7-20)12-3-5-13(19)6-4-12/h3-6,9H,7-8,10-11H2,1-2H3. The van der Waals surface area contributed by atoms with E-state index in [1.165, 1.54) is 5.69 Å². The third-order valence-corrected chi connectivity index (χ3v) is 4.98. The molecule has 0 N–H and O–H groups in total. The van der Waals surface area contributed by atoms with E-state index in [1.54, 1.807) is 0 Å². The Kier molecular flexibility index (Phi) is 4.38. The molecule has 116 valence electrons. The van der Waals surface area contributed by atoms with Crippen LogP contribution < -0.4 is 0 Å². The summed E-state index contributed by atoms with van der Waals surface area (Å²) in [5, 5.41) is 0.734. The van der Waals surface area contributed by atoms with E-state index >= 15 is 0 Å². The number of Topliss-reactive ketones (excluding diaryl/α,β-unsaturated/α-hetero) is 1. The van der Waals surface area contributed by atoms with Crippen LogP contribution in [0.25, 0.3) is 11.3 Å². The Morgan fingerprint density at radius 3 is 2.55 bits per heavy atom. The molecule has 1 aromatic carbocycles. The normalized spacial score (nSPS) is 16.6. The zero-order valence-corrected chi connectivity index (χ0v) is 15.7. The van der Waals surface area contributed by atoms with E-state index in [4.69, 9.17) is 11.6 Å². The lowest BCUT2D eigenvalue weighted by atomic mass is 9.76. The Balaban J connectivity index is 2.16. The molecule has 1 aliphatic carbocycles. The van der Waals surface area contributed by atoms with Crippen LogP contribution in [0, 0.1) is 5.41 Å². The van der Waals surface area contributed by atoms with Crippen LogP contribution in [-0.4, -0.2) is 14.8 Å². The van der Waals surface area contributed by atoms with Crippen molar-refractivity contribution in [2.75, 3.05) is 4.43 Å². The Morgan fingerprint density at radius 2 is 1.91 bits per heavy atom. The van der Waals surface area contributed by atoms with Crippen molar-refractivity contribution < 1.29 is 4.79 Å². The first-order valence-corrected chi connectivity index (χ1v) is 9.39. The summed E-state index contributed by atoms with van der Waals surface area (Å²) in [6.45, 7) is 5.28. The van der Waals surface area contributed by atoms with Gasteiger partial charge in [0.25, 0.3) is 0 Å². The van der Waals surface area contributed by atoms with Gasteiger partial charge in [-0.25, -0.2) is 0 Å². The average Bonchev–Trinajstić information content (AvgIpc) is 2.78. The second-order valence-electron chi connectivity index (χ2n) is 6.68. The number of hydrogen-bond acceptors (Lipinski definition) is 1. The number of rotatable bonds is 3. The first-order valence-electron chi connectivity index (χ1n) is 7.49. The van der Waals surface area contributed by atoms with E-state index in [1.807, 2.05) is 24.3 Å². The van der Waals surface area contributed by atoms with Crippen LogP contribution in [0.4, 0.5) is 0 Å². The molecule has 0 atom stereocenters. The number of halogens is 2. The third kappa shape index (κ3) is 2.98. The summed E-state index contributed by atoms with van der Waals surface area (Å²) < 4.78 is 3.35. The molecule has 0 fully saturated rings. The molecule has 2 aromatic rings. The van der Waals surface area contributed by atoms with Gasteiger partial charge in [0.2, 0.25) is 0 Å². The van der Waals surface area contributed by atoms with E-state index in [2.05, 4.69) is 47.1 Å². The van der Waals surface area contributed by atoms with Crippen LogP contribution in [0.5, 0.6) is 0 Å². The van der Waals surface area contributed by atoms with Crippen LogP contribution in [0.2, 0.25) is 5.02 Å². The van der Waals surface area contributed by atoms with Crippen LogP contribution >= 0.6 is 34.2 Å². The number of carbonyl (C=O) groups is 1. The molecule has 4 heteroatoms. The summed E-state index contributed by atoms with van der Waals surface area (Å²) in [4.78, 5) is 12.5. The zero-order valence-electron chi connectivity index (χ0n) is 12.8. The quantitative estimate of drug-likeness (QED) is 0.475. The number of fused-ring (bicyclic) bond motifs is 1. The van der Waals surface area contributed by atoms with Crippen molar-refractivity contribution in [2.24, 2.45) is 5.41 Å². The van der Waals surface area contributed by atoms with Gasteiger partial charge in [0.1, 0.15) is 0 Å². The Labute approximate surface area is 150 Å². The van der Waals surface area contributed by atoms with Crippen molar-refractivity contribution in [3.8, 4) is 11.3 Å². The van der Waals surface area contributed by atoms with E-state index in [-0.39, 0.29) is 11.2 Å². The van der Waals surface area contributed by atoms with E-state index in [0.29, 0.717) is 6.42 Å². The number of ketones is 1. The molecule has 2 nitrogen and oxygen atoms in total. The largest absolute Gasteiger partial charge is 0.343 e. The first-order chi connectivity index (χ1) is 10.4. The molecule has 3 rings (SSSR count). The van der Waals surface area contributed by atoms with Crippen molar-refractivity contribution in [2.45, 2.75) is 33.2 Å². The maximum absolute atomic E-state index is 12.5. The Hall–Kier alpha value is -0.810. The maximum Gasteiger partial charge on any atom is 0.165 e. The van der Waals surface area contributed by atoms with Gasteiger partial charge in [-0.05, 0) is 35.6 Å². The molecule has 0 amide bonds. The minimum atomic E-state index is 0.0444. The Bertz CT molecular complexity index is 715. The van der Waals surface area contributed by atoms with Crippen LogP contribution in [-0.2, 0) is 13.0 Å². The fraction of sp³-hybridized carbons (Fsp3) is 0.389. The maximum atomic E-state index is 12.5. The molecule has 0 saturated carbocycles. The third-order valence-electron chi connectivity index (χ3n) is 4.24. The molecule has 0 aliphatic heterocycles. The van der Waals surface area contributed by atoms with Gasteiger partial charge in [-0.2, -0.15) is 0 Å². The van der Waals surface area contributed by atoms with Gasteiger partial charge >= 0.3 is 0 Å². The highest BCUT2D eigenvalue weighted by Gasteiger charge is 2.34. The summed E-state index contributed by atoms with van der Waals surface area (Å²) in [6.07, 6.45) is 1.59. The van der Waals surface area contributed by atoms with Gasteiger partial charge in [-0.3, -0.25) is 4.79 Å². The summed E-state index contributed by atoms with van der Waals surface area (Å²) in [6, 6.07) is 9.94. The molecule has 0 spiro atoms. The summed E-state index contributed by atoms with van der Waals surface area (Å²) in [5.41, 5.74) is 4.40. The number of benzene rings is 1. The number of alkyl halides is 1. The van der Waals surface area contributed by atoms with Gasteiger partial charge in [0, 0.05) is 39.4 Å². The highest BCUT2D eigenvalue weighted by atomic mass is 127. The summed E-state index contributed by atoms with van der Waals surface area (Å²) in [5.74, 6) is 0.272. The molecule has 1 aromatic heterocycles. The highest BCUT2D eigenvalue weighted by Crippen LogP contribution is 2.38. The predicted molar refractivity (Wildman–Crippen MR) is 100 cm³/mol. The first kappa shape index (κ1) is 16.1. The van der Waals surface area contributed by atoms with Gasteiger partial charge in [-0.1, -0.05) is 60.2 Å². The van der Waals surface area contributed by atoms with Crippen molar-refractivity contribution >= 4 is 40.0 Å². The van der Waals surface area contributed by atoms with Crippen LogP contribution in [0.15, 0.2) is 30.3 Å². The second kappa shape index (κ2) is 6.00. The van der Waals surface area contributed by atoms with E-state index in [9.17, 15) is 4.79 Å². The molecule has 1 aliphatic rings. The molecule has 22 heavy (non-hydrogen) atoms. The minimum absolute atomic E-state index is 0.0444. The van der Waals surface area contributed by atoms with Gasteiger partial charge in [-0.15, -0.1) is 0 Å². The lowest BCUT2D eigenvalue weighted by Gasteiger charge is -2.29. The fourth-order valence-corrected chi connectivity index (χ4v) is 3.87. The van der Waals surface area contributed by atoms with Gasteiger partial charge in [0.05, 0.1) is 0 Å². The molecular weight excluding hydrogens is 409 g/mol. The second-order valence-corrected chi connectivity index (χ2v) is 8.19. The van der Waals surface area contributed by atoms with Crippen LogP contribution in [0.1, 0.15) is 36.3 Å². The highest BCUT2D eigenvalue weighted by molar-refractivity contribution is 14.1. The lowest BCUT2D eigenvalue weighted by molar-refractivity contribution is 0.0910. The number of hydrogen-bond donors (Lipinski definition) is 0. The topological polar surface area (TPSA) is 22.0 Å². The summed E-state index contributed by atoms with van der Waals surface area (Å²) in [7, 11) is 0. The molecule has 0 radical (unpaired) electrons. The van der Waals surface area contributed by atoms with Crippen LogP contribution in [0.3, 0.4) is 0 Å². The molecule has 0 unspecified atom stereocenters. The smallest absolute Gasteiger partial charge is 0.165 e. The minimum Gasteiger partial charge on any atom is -0.343 e. The molecular formula is C18H19ClINO. The molecule has 0 bridgehead atoms. The Morgan fingerprint density at radius 1 is 1.23 bits per heavy atom. The van der Waals surface area contributed by atoms with Crippen molar-refractivity contribution in [3.05, 3.63) is 46.6 Å². The zero-order chi connectivity index (χ0) is 15.9. The van der Waals surface area contributed by atoms with E-state index < -0.39 is 0 Å². The average molecular weight is 428 g/mol. The number of aromatic nitrogens is 1. The van der Waals surface area contributed by atoms with E-state index in [0.717, 1.165) is 39.2 Å². The van der Waals surface area contributed by atoms with Crippen molar-refractivity contribution in [1.82, 2.24) is 4.57 Å². The van der Waals surface area contributed by atoms with Gasteiger partial charge < -0.3 is 4.57 Å². The fourth-order valence-electron chi connectivity index (χ4n) is 3.27. The number of carbonyl (C=O) groups excluding carboxylic acids is 1. The van der Waals surface area contributed by atoms with Gasteiger partial charge in [0.15, 0.2) is 5.78 Å². The predicted octanol–water partition coefficient (Wildman–Crippen LogP) is 5.40. The number of nitrogens with zero attached hydrogens (tertiary/aromatic N) is 1. The lowest BCUT2D eigenvalue weighted by Crippen LogP contribution is -2.28. The SMILES string of the molecule is CC1(C)CC(=O)c2cc(-c3ccc(Cl)cc3)n(CCI)c2C1. The van der Waals surface area contributed by atoms with Crippen molar-refractivity contribution in [3.63, 3.8) is 0 Å². The monoisotopic (exact) mass is 427 g/mol. The molecule has 0 saturated heterocycles.